The van der Waals surface area contributed by atoms with Gasteiger partial charge in [0.1, 0.15) is 12.4 Å². The van der Waals surface area contributed by atoms with E-state index >= 15 is 0 Å². The van der Waals surface area contributed by atoms with Crippen molar-refractivity contribution < 1.29 is 14.2 Å². The number of hydrogen-bond acceptors (Lipinski definition) is 4. The van der Waals surface area contributed by atoms with Gasteiger partial charge in [0.25, 0.3) is 0 Å². The molecule has 2 aliphatic heterocycles. The number of nitrogens with zero attached hydrogens (tertiary/aromatic N) is 1. The Balaban J connectivity index is 1.49. The Morgan fingerprint density at radius 1 is 1.10 bits per heavy atom. The smallest absolute Gasteiger partial charge is 0.173 e. The van der Waals surface area contributed by atoms with Gasteiger partial charge >= 0.3 is 0 Å². The van der Waals surface area contributed by atoms with Gasteiger partial charge in [0.05, 0.1) is 19.3 Å². The lowest BCUT2D eigenvalue weighted by Gasteiger charge is -2.37. The van der Waals surface area contributed by atoms with Gasteiger partial charge in [-0.15, -0.1) is 0 Å². The molecular formula is C16H23NO3. The van der Waals surface area contributed by atoms with Crippen LogP contribution in [0.5, 0.6) is 5.75 Å². The van der Waals surface area contributed by atoms with Crippen LogP contribution in [-0.4, -0.2) is 50.1 Å². The highest BCUT2D eigenvalue weighted by Gasteiger charge is 2.33. The molecule has 0 saturated carbocycles. The molecule has 2 aliphatic rings. The molecule has 4 heteroatoms. The van der Waals surface area contributed by atoms with E-state index in [0.717, 1.165) is 38.5 Å². The molecule has 2 saturated heterocycles. The maximum absolute atomic E-state index is 5.80. The van der Waals surface area contributed by atoms with Crippen LogP contribution in [0, 0.1) is 0 Å². The molecule has 2 heterocycles. The average Bonchev–Trinajstić information content (AvgIpc) is 3.03. The minimum absolute atomic E-state index is 0.0352. The zero-order valence-corrected chi connectivity index (χ0v) is 11.9. The van der Waals surface area contributed by atoms with Crippen molar-refractivity contribution in [3.63, 3.8) is 0 Å². The quantitative estimate of drug-likeness (QED) is 0.826. The van der Waals surface area contributed by atoms with Crippen LogP contribution in [0.3, 0.4) is 0 Å². The number of ether oxygens (including phenoxy) is 3. The van der Waals surface area contributed by atoms with Crippen molar-refractivity contribution in [1.82, 2.24) is 4.90 Å². The lowest BCUT2D eigenvalue weighted by Crippen LogP contribution is -2.48. The van der Waals surface area contributed by atoms with E-state index in [9.17, 15) is 0 Å². The van der Waals surface area contributed by atoms with Gasteiger partial charge in [0.15, 0.2) is 6.29 Å². The van der Waals surface area contributed by atoms with Crippen LogP contribution in [0.4, 0.5) is 0 Å². The van der Waals surface area contributed by atoms with E-state index in [1.54, 1.807) is 0 Å². The summed E-state index contributed by atoms with van der Waals surface area (Å²) in [6.07, 6.45) is 3.65. The molecule has 0 radical (unpaired) electrons. The van der Waals surface area contributed by atoms with Gasteiger partial charge in [-0.2, -0.15) is 0 Å². The van der Waals surface area contributed by atoms with Gasteiger partial charge in [0.2, 0.25) is 0 Å². The van der Waals surface area contributed by atoms with Crippen LogP contribution in [0.15, 0.2) is 30.3 Å². The average molecular weight is 277 g/mol. The fraction of sp³-hybridized carbons (Fsp3) is 0.625. The van der Waals surface area contributed by atoms with E-state index in [1.807, 2.05) is 30.3 Å². The normalized spacial score (nSPS) is 24.9. The van der Waals surface area contributed by atoms with Crippen LogP contribution in [-0.2, 0) is 9.47 Å². The Bertz CT molecular complexity index is 392. The predicted molar refractivity (Wildman–Crippen MR) is 76.8 cm³/mol. The summed E-state index contributed by atoms with van der Waals surface area (Å²) in [7, 11) is 0. The monoisotopic (exact) mass is 277 g/mol. The number of para-hydroxylation sites is 1. The molecule has 0 spiro atoms. The zero-order chi connectivity index (χ0) is 13.6. The Morgan fingerprint density at radius 3 is 2.70 bits per heavy atom. The summed E-state index contributed by atoms with van der Waals surface area (Å²) in [6.45, 7) is 4.23. The molecule has 110 valence electrons. The van der Waals surface area contributed by atoms with E-state index in [2.05, 4.69) is 4.90 Å². The first-order valence-corrected chi connectivity index (χ1v) is 7.58. The molecule has 1 atom stereocenters. The van der Waals surface area contributed by atoms with Gasteiger partial charge in [-0.05, 0) is 31.5 Å². The second-order valence-electron chi connectivity index (χ2n) is 5.37. The lowest BCUT2D eigenvalue weighted by molar-refractivity contribution is -0.110. The largest absolute Gasteiger partial charge is 0.492 e. The third-order valence-corrected chi connectivity index (χ3v) is 4.02. The molecule has 0 N–H and O–H groups in total. The van der Waals surface area contributed by atoms with Crippen molar-refractivity contribution in [2.75, 3.05) is 32.9 Å². The summed E-state index contributed by atoms with van der Waals surface area (Å²) in [5.41, 5.74) is 0. The van der Waals surface area contributed by atoms with Crippen LogP contribution in [0.1, 0.15) is 19.3 Å². The predicted octanol–water partition coefficient (Wildman–Crippen LogP) is 2.29. The van der Waals surface area contributed by atoms with Crippen LogP contribution in [0.25, 0.3) is 0 Å². The summed E-state index contributed by atoms with van der Waals surface area (Å²) in [5.74, 6) is 0.939. The highest BCUT2D eigenvalue weighted by Crippen LogP contribution is 2.24. The Hall–Kier alpha value is -1.10. The SMILES string of the molecule is c1ccc(OCCN2CCCCC2C2OCCO2)cc1. The van der Waals surface area contributed by atoms with Crippen LogP contribution < -0.4 is 4.74 Å². The number of piperidine rings is 1. The molecule has 1 unspecified atom stereocenters. The third kappa shape index (κ3) is 3.51. The van der Waals surface area contributed by atoms with Crippen molar-refractivity contribution in [2.24, 2.45) is 0 Å². The van der Waals surface area contributed by atoms with Crippen LogP contribution >= 0.6 is 0 Å². The fourth-order valence-corrected chi connectivity index (χ4v) is 3.00. The summed E-state index contributed by atoms with van der Waals surface area (Å²) in [5, 5.41) is 0. The molecule has 0 bridgehead atoms. The first kappa shape index (κ1) is 13.9. The second kappa shape index (κ2) is 7.07. The van der Waals surface area contributed by atoms with E-state index in [4.69, 9.17) is 14.2 Å². The summed E-state index contributed by atoms with van der Waals surface area (Å²) < 4.78 is 17.2. The van der Waals surface area contributed by atoms with E-state index in [0.29, 0.717) is 12.6 Å². The Kier molecular flexibility index (Phi) is 4.90. The summed E-state index contributed by atoms with van der Waals surface area (Å²) in [6, 6.07) is 10.4. The summed E-state index contributed by atoms with van der Waals surface area (Å²) in [4.78, 5) is 2.46. The number of likely N-dealkylation sites (tertiary alicyclic amines) is 1. The van der Waals surface area contributed by atoms with Crippen molar-refractivity contribution in [2.45, 2.75) is 31.6 Å². The molecule has 2 fully saturated rings. The summed E-state index contributed by atoms with van der Waals surface area (Å²) >= 11 is 0. The fourth-order valence-electron chi connectivity index (χ4n) is 3.00. The van der Waals surface area contributed by atoms with E-state index in [-0.39, 0.29) is 6.29 Å². The highest BCUT2D eigenvalue weighted by atomic mass is 16.7. The molecule has 0 amide bonds. The molecule has 1 aromatic carbocycles. The third-order valence-electron chi connectivity index (χ3n) is 4.02. The molecule has 0 aromatic heterocycles. The van der Waals surface area contributed by atoms with Crippen molar-refractivity contribution in [3.05, 3.63) is 30.3 Å². The topological polar surface area (TPSA) is 30.9 Å². The molecule has 4 nitrogen and oxygen atoms in total. The molecule has 20 heavy (non-hydrogen) atoms. The highest BCUT2D eigenvalue weighted by molar-refractivity contribution is 5.20. The maximum Gasteiger partial charge on any atom is 0.173 e. The molecule has 1 aromatic rings. The first-order chi connectivity index (χ1) is 9.93. The van der Waals surface area contributed by atoms with Crippen molar-refractivity contribution >= 4 is 0 Å². The second-order valence-corrected chi connectivity index (χ2v) is 5.37. The molecule has 0 aliphatic carbocycles. The minimum atomic E-state index is -0.0352. The first-order valence-electron chi connectivity index (χ1n) is 7.58. The van der Waals surface area contributed by atoms with Crippen molar-refractivity contribution in [3.8, 4) is 5.75 Å². The van der Waals surface area contributed by atoms with E-state index in [1.165, 1.54) is 12.8 Å². The van der Waals surface area contributed by atoms with E-state index < -0.39 is 0 Å². The van der Waals surface area contributed by atoms with Crippen molar-refractivity contribution in [1.29, 1.82) is 0 Å². The Labute approximate surface area is 120 Å². The van der Waals surface area contributed by atoms with Gasteiger partial charge < -0.3 is 14.2 Å². The Morgan fingerprint density at radius 2 is 1.90 bits per heavy atom. The maximum atomic E-state index is 5.80. The van der Waals surface area contributed by atoms with Gasteiger partial charge in [-0.25, -0.2) is 0 Å². The number of hydrogen-bond donors (Lipinski definition) is 0. The van der Waals surface area contributed by atoms with Gasteiger partial charge in [-0.3, -0.25) is 4.90 Å². The molecular weight excluding hydrogens is 254 g/mol. The molecule has 3 rings (SSSR count). The number of benzene rings is 1. The van der Waals surface area contributed by atoms with Gasteiger partial charge in [-0.1, -0.05) is 24.6 Å². The van der Waals surface area contributed by atoms with Crippen LogP contribution in [0.2, 0.25) is 0 Å². The lowest BCUT2D eigenvalue weighted by atomic mass is 10.0. The number of rotatable bonds is 5. The zero-order valence-electron chi connectivity index (χ0n) is 11.9. The minimum Gasteiger partial charge on any atom is -0.492 e. The van der Waals surface area contributed by atoms with Gasteiger partial charge in [0, 0.05) is 6.54 Å². The standard InChI is InChI=1S/C16H23NO3/c1-2-6-14(7-3-1)18-11-10-17-9-5-4-8-15(17)16-19-12-13-20-16/h1-3,6-7,15-16H,4-5,8-13H2.